The lowest BCUT2D eigenvalue weighted by atomic mass is 10.2. The van der Waals surface area contributed by atoms with Gasteiger partial charge in [-0.05, 0) is 29.8 Å². The molecule has 2 heterocycles. The van der Waals surface area contributed by atoms with Crippen molar-refractivity contribution in [3.8, 4) is 22.9 Å². The van der Waals surface area contributed by atoms with E-state index in [9.17, 15) is 4.79 Å². The molecule has 2 aromatic heterocycles. The standard InChI is InChI=1S/C19H15N3O3S/c1-24-14-9-8-13(11-15(14)25-2)17-20-19-22(21-17)18(23)16(26-19)10-12-6-4-3-5-7-12/h3-11H,1-2H3. The molecule has 0 atom stereocenters. The molecule has 4 rings (SSSR count). The van der Waals surface area contributed by atoms with E-state index >= 15 is 0 Å². The molecule has 0 bridgehead atoms. The van der Waals surface area contributed by atoms with Crippen LogP contribution in [-0.2, 0) is 0 Å². The lowest BCUT2D eigenvalue weighted by Gasteiger charge is -2.07. The van der Waals surface area contributed by atoms with Crippen LogP contribution in [0.15, 0.2) is 53.3 Å². The highest BCUT2D eigenvalue weighted by molar-refractivity contribution is 7.15. The maximum atomic E-state index is 12.6. The number of benzene rings is 2. The summed E-state index contributed by atoms with van der Waals surface area (Å²) in [5, 5.41) is 4.36. The Labute approximate surface area is 153 Å². The summed E-state index contributed by atoms with van der Waals surface area (Å²) in [6, 6.07) is 15.1. The van der Waals surface area contributed by atoms with Crippen molar-refractivity contribution in [3.05, 3.63) is 69.0 Å². The molecule has 7 heteroatoms. The topological polar surface area (TPSA) is 65.7 Å². The molecule has 0 aliphatic carbocycles. The summed E-state index contributed by atoms with van der Waals surface area (Å²) in [5.41, 5.74) is 1.55. The first-order chi connectivity index (χ1) is 12.7. The molecule has 0 radical (unpaired) electrons. The van der Waals surface area contributed by atoms with Crippen molar-refractivity contribution in [1.29, 1.82) is 0 Å². The fraction of sp³-hybridized carbons (Fsp3) is 0.105. The summed E-state index contributed by atoms with van der Waals surface area (Å²) in [6.45, 7) is 0. The van der Waals surface area contributed by atoms with Gasteiger partial charge in [0.05, 0.1) is 18.8 Å². The van der Waals surface area contributed by atoms with E-state index in [4.69, 9.17) is 9.47 Å². The van der Waals surface area contributed by atoms with Gasteiger partial charge in [0.2, 0.25) is 4.96 Å². The van der Waals surface area contributed by atoms with E-state index in [1.807, 2.05) is 42.5 Å². The lowest BCUT2D eigenvalue weighted by Crippen LogP contribution is -2.23. The normalized spacial score (nSPS) is 11.8. The Morgan fingerprint density at radius 3 is 2.50 bits per heavy atom. The van der Waals surface area contributed by atoms with Crippen LogP contribution in [0.1, 0.15) is 5.56 Å². The van der Waals surface area contributed by atoms with Crippen LogP contribution in [0.4, 0.5) is 0 Å². The average Bonchev–Trinajstić information content (AvgIpc) is 3.22. The van der Waals surface area contributed by atoms with Gasteiger partial charge in [0.15, 0.2) is 17.3 Å². The smallest absolute Gasteiger partial charge is 0.291 e. The summed E-state index contributed by atoms with van der Waals surface area (Å²) < 4.78 is 12.5. The first-order valence-electron chi connectivity index (χ1n) is 7.88. The van der Waals surface area contributed by atoms with Crippen LogP contribution in [0.3, 0.4) is 0 Å². The van der Waals surface area contributed by atoms with Crippen LogP contribution in [0.5, 0.6) is 11.5 Å². The van der Waals surface area contributed by atoms with Gasteiger partial charge in [-0.25, -0.2) is 0 Å². The van der Waals surface area contributed by atoms with Gasteiger partial charge < -0.3 is 9.47 Å². The molecule has 0 fully saturated rings. The number of methoxy groups -OCH3 is 2. The maximum Gasteiger partial charge on any atom is 0.291 e. The summed E-state index contributed by atoms with van der Waals surface area (Å²) in [6.07, 6.45) is 1.85. The van der Waals surface area contributed by atoms with E-state index in [2.05, 4.69) is 10.1 Å². The number of nitrogens with zero attached hydrogens (tertiary/aromatic N) is 3. The third-order valence-corrected chi connectivity index (χ3v) is 4.88. The zero-order chi connectivity index (χ0) is 18.1. The monoisotopic (exact) mass is 365 g/mol. The van der Waals surface area contributed by atoms with E-state index in [0.29, 0.717) is 26.8 Å². The maximum absolute atomic E-state index is 12.6. The van der Waals surface area contributed by atoms with E-state index < -0.39 is 0 Å². The summed E-state index contributed by atoms with van der Waals surface area (Å²) in [4.78, 5) is 17.6. The van der Waals surface area contributed by atoms with Gasteiger partial charge in [0, 0.05) is 5.56 Å². The SMILES string of the molecule is COc1ccc(-c2nc3sc(=Cc4ccccc4)c(=O)n3n2)cc1OC. The second kappa shape index (κ2) is 6.61. The molecule has 0 amide bonds. The Balaban J connectivity index is 1.79. The molecule has 26 heavy (non-hydrogen) atoms. The van der Waals surface area contributed by atoms with Crippen LogP contribution in [0, 0.1) is 0 Å². The first-order valence-corrected chi connectivity index (χ1v) is 8.70. The summed E-state index contributed by atoms with van der Waals surface area (Å²) in [5.74, 6) is 1.69. The minimum Gasteiger partial charge on any atom is -0.493 e. The third-order valence-electron chi connectivity index (χ3n) is 3.92. The number of hydrogen-bond acceptors (Lipinski definition) is 6. The largest absolute Gasteiger partial charge is 0.493 e. The van der Waals surface area contributed by atoms with Gasteiger partial charge in [-0.15, -0.1) is 5.10 Å². The quantitative estimate of drug-likeness (QED) is 0.556. The second-order valence-electron chi connectivity index (χ2n) is 5.53. The molecule has 0 saturated heterocycles. The van der Waals surface area contributed by atoms with Crippen LogP contribution in [-0.4, -0.2) is 28.8 Å². The number of aromatic nitrogens is 3. The molecular formula is C19H15N3O3S. The number of ether oxygens (including phenoxy) is 2. The molecule has 130 valence electrons. The van der Waals surface area contributed by atoms with E-state index in [0.717, 1.165) is 11.1 Å². The Morgan fingerprint density at radius 1 is 1.04 bits per heavy atom. The molecule has 4 aromatic rings. The van der Waals surface area contributed by atoms with Crippen molar-refractivity contribution in [3.63, 3.8) is 0 Å². The van der Waals surface area contributed by atoms with Gasteiger partial charge in [-0.3, -0.25) is 4.79 Å². The summed E-state index contributed by atoms with van der Waals surface area (Å²) >= 11 is 1.32. The highest BCUT2D eigenvalue weighted by atomic mass is 32.1. The van der Waals surface area contributed by atoms with Crippen LogP contribution < -0.4 is 19.6 Å². The highest BCUT2D eigenvalue weighted by Crippen LogP contribution is 2.31. The van der Waals surface area contributed by atoms with Gasteiger partial charge in [-0.1, -0.05) is 41.7 Å². The van der Waals surface area contributed by atoms with Crippen molar-refractivity contribution >= 4 is 22.4 Å². The Morgan fingerprint density at radius 2 is 1.81 bits per heavy atom. The average molecular weight is 365 g/mol. The molecule has 0 unspecified atom stereocenters. The molecule has 0 aliphatic heterocycles. The molecule has 0 N–H and O–H groups in total. The highest BCUT2D eigenvalue weighted by Gasteiger charge is 2.14. The second-order valence-corrected chi connectivity index (χ2v) is 6.54. The van der Waals surface area contributed by atoms with E-state index in [1.165, 1.54) is 15.9 Å². The number of thiazole rings is 1. The van der Waals surface area contributed by atoms with Gasteiger partial charge in [0.1, 0.15) is 0 Å². The number of rotatable bonds is 4. The van der Waals surface area contributed by atoms with Crippen molar-refractivity contribution in [1.82, 2.24) is 14.6 Å². The molecule has 0 spiro atoms. The zero-order valence-electron chi connectivity index (χ0n) is 14.2. The molecular weight excluding hydrogens is 350 g/mol. The predicted molar refractivity (Wildman–Crippen MR) is 101 cm³/mol. The third kappa shape index (κ3) is 2.82. The van der Waals surface area contributed by atoms with Crippen molar-refractivity contribution in [2.45, 2.75) is 0 Å². The predicted octanol–water partition coefficient (Wildman–Crippen LogP) is 2.38. The Kier molecular flexibility index (Phi) is 4.14. The molecule has 0 aliphatic rings. The Hall–Kier alpha value is -3.19. The lowest BCUT2D eigenvalue weighted by molar-refractivity contribution is 0.355. The van der Waals surface area contributed by atoms with E-state index in [-0.39, 0.29) is 5.56 Å². The first kappa shape index (κ1) is 16.3. The van der Waals surface area contributed by atoms with E-state index in [1.54, 1.807) is 26.4 Å². The minimum absolute atomic E-state index is 0.173. The van der Waals surface area contributed by atoms with Gasteiger partial charge in [-0.2, -0.15) is 9.50 Å². The molecule has 2 aromatic carbocycles. The zero-order valence-corrected chi connectivity index (χ0v) is 15.0. The van der Waals surface area contributed by atoms with Gasteiger partial charge in [0.25, 0.3) is 5.56 Å². The van der Waals surface area contributed by atoms with Crippen molar-refractivity contribution < 1.29 is 9.47 Å². The van der Waals surface area contributed by atoms with Crippen LogP contribution >= 0.6 is 11.3 Å². The fourth-order valence-electron chi connectivity index (χ4n) is 2.63. The van der Waals surface area contributed by atoms with Crippen LogP contribution in [0.25, 0.3) is 22.4 Å². The van der Waals surface area contributed by atoms with Crippen LogP contribution in [0.2, 0.25) is 0 Å². The summed E-state index contributed by atoms with van der Waals surface area (Å²) in [7, 11) is 3.15. The minimum atomic E-state index is -0.173. The number of hydrogen-bond donors (Lipinski definition) is 0. The van der Waals surface area contributed by atoms with Crippen molar-refractivity contribution in [2.24, 2.45) is 0 Å². The number of fused-ring (bicyclic) bond motifs is 1. The molecule has 6 nitrogen and oxygen atoms in total. The van der Waals surface area contributed by atoms with Crippen molar-refractivity contribution in [2.75, 3.05) is 14.2 Å². The van der Waals surface area contributed by atoms with Gasteiger partial charge >= 0.3 is 0 Å². The Bertz CT molecular complexity index is 1180. The molecule has 0 saturated carbocycles. The fourth-order valence-corrected chi connectivity index (χ4v) is 3.54.